The summed E-state index contributed by atoms with van der Waals surface area (Å²) in [6.45, 7) is 1.46. The van der Waals surface area contributed by atoms with Crippen LogP contribution in [-0.4, -0.2) is 4.98 Å². The molecule has 0 spiro atoms. The van der Waals surface area contributed by atoms with Gasteiger partial charge in [-0.2, -0.15) is 0 Å². The third-order valence-corrected chi connectivity index (χ3v) is 2.06. The van der Waals surface area contributed by atoms with Gasteiger partial charge >= 0.3 is 0 Å². The molecule has 66 valence electrons. The van der Waals surface area contributed by atoms with Crippen LogP contribution < -0.4 is 0 Å². The van der Waals surface area contributed by atoms with E-state index in [0.717, 1.165) is 6.07 Å². The van der Waals surface area contributed by atoms with Crippen molar-refractivity contribution in [3.8, 4) is 0 Å². The van der Waals surface area contributed by atoms with E-state index in [1.54, 1.807) is 0 Å². The minimum atomic E-state index is -2.76. The van der Waals surface area contributed by atoms with Gasteiger partial charge in [0.1, 0.15) is 11.5 Å². The van der Waals surface area contributed by atoms with Crippen molar-refractivity contribution >= 4 is 15.9 Å². The van der Waals surface area contributed by atoms with Crippen LogP contribution in [0.4, 0.5) is 13.2 Å². The van der Waals surface area contributed by atoms with Gasteiger partial charge in [-0.1, -0.05) is 0 Å². The van der Waals surface area contributed by atoms with E-state index in [2.05, 4.69) is 20.9 Å². The molecule has 0 bridgehead atoms. The topological polar surface area (TPSA) is 12.9 Å². The Bertz CT molecular complexity index is 301. The summed E-state index contributed by atoms with van der Waals surface area (Å²) in [6.07, 6.45) is -2.76. The molecule has 1 aromatic heterocycles. The third-order valence-electron chi connectivity index (χ3n) is 1.27. The van der Waals surface area contributed by atoms with Gasteiger partial charge in [0.25, 0.3) is 6.43 Å². The van der Waals surface area contributed by atoms with Gasteiger partial charge in [-0.3, -0.25) is 4.98 Å². The lowest BCUT2D eigenvalue weighted by Crippen LogP contribution is -1.97. The predicted molar refractivity (Wildman–Crippen MR) is 41.6 cm³/mol. The van der Waals surface area contributed by atoms with Gasteiger partial charge in [0.2, 0.25) is 0 Å². The van der Waals surface area contributed by atoms with Crippen molar-refractivity contribution in [3.63, 3.8) is 0 Å². The highest BCUT2D eigenvalue weighted by atomic mass is 79.9. The van der Waals surface area contributed by atoms with Gasteiger partial charge in [0, 0.05) is 5.69 Å². The molecule has 1 heterocycles. The molecule has 0 fully saturated rings. The number of hydrogen-bond donors (Lipinski definition) is 0. The smallest absolute Gasteiger partial charge is 0.251 e. The Hall–Kier alpha value is -0.580. The van der Waals surface area contributed by atoms with E-state index >= 15 is 0 Å². The fourth-order valence-corrected chi connectivity index (χ4v) is 1.16. The molecular weight excluding hydrogens is 235 g/mol. The fraction of sp³-hybridized carbons (Fsp3) is 0.286. The maximum Gasteiger partial charge on any atom is 0.281 e. The summed E-state index contributed by atoms with van der Waals surface area (Å²) in [6, 6.07) is 1.09. The number of alkyl halides is 2. The zero-order chi connectivity index (χ0) is 9.30. The van der Waals surface area contributed by atoms with Gasteiger partial charge in [-0.15, -0.1) is 0 Å². The van der Waals surface area contributed by atoms with Gasteiger partial charge in [0.05, 0.1) is 4.47 Å². The number of pyridine rings is 1. The third kappa shape index (κ3) is 1.77. The van der Waals surface area contributed by atoms with E-state index in [-0.39, 0.29) is 10.2 Å². The van der Waals surface area contributed by atoms with Crippen molar-refractivity contribution in [1.82, 2.24) is 4.98 Å². The van der Waals surface area contributed by atoms with Crippen LogP contribution in [0.5, 0.6) is 0 Å². The van der Waals surface area contributed by atoms with Gasteiger partial charge in [-0.05, 0) is 28.9 Å². The lowest BCUT2D eigenvalue weighted by Gasteiger charge is -2.03. The molecule has 12 heavy (non-hydrogen) atoms. The molecule has 5 heteroatoms. The number of rotatable bonds is 1. The molecule has 0 unspecified atom stereocenters. The van der Waals surface area contributed by atoms with Crippen molar-refractivity contribution in [2.75, 3.05) is 0 Å². The van der Waals surface area contributed by atoms with Crippen LogP contribution in [0.1, 0.15) is 17.8 Å². The van der Waals surface area contributed by atoms with Crippen LogP contribution in [0.25, 0.3) is 0 Å². The standard InChI is InChI=1S/C7H5BrF3N/c1-3-2-4(9)5(8)6(12-3)7(10)11/h2,7H,1H3. The monoisotopic (exact) mass is 239 g/mol. The number of halogens is 4. The lowest BCUT2D eigenvalue weighted by molar-refractivity contribution is 0.144. The molecular formula is C7H5BrF3N. The van der Waals surface area contributed by atoms with Crippen LogP contribution in [-0.2, 0) is 0 Å². The van der Waals surface area contributed by atoms with Crippen LogP contribution in [0.3, 0.4) is 0 Å². The van der Waals surface area contributed by atoms with E-state index in [4.69, 9.17) is 0 Å². The molecule has 0 aromatic carbocycles. The number of nitrogens with zero attached hydrogens (tertiary/aromatic N) is 1. The second kappa shape index (κ2) is 3.43. The average Bonchev–Trinajstić information content (AvgIpc) is 1.96. The molecule has 0 aliphatic rings. The van der Waals surface area contributed by atoms with Gasteiger partial charge in [0.15, 0.2) is 0 Å². The van der Waals surface area contributed by atoms with Crippen LogP contribution in [0, 0.1) is 12.7 Å². The van der Waals surface area contributed by atoms with E-state index < -0.39 is 17.9 Å². The zero-order valence-corrected chi connectivity index (χ0v) is 7.70. The van der Waals surface area contributed by atoms with E-state index in [0.29, 0.717) is 0 Å². The Morgan fingerprint density at radius 2 is 2.08 bits per heavy atom. The second-order valence-electron chi connectivity index (χ2n) is 2.25. The fourth-order valence-electron chi connectivity index (χ4n) is 0.785. The molecule has 0 aliphatic heterocycles. The lowest BCUT2D eigenvalue weighted by atomic mass is 10.3. The molecule has 0 atom stereocenters. The number of aromatic nitrogens is 1. The normalized spacial score (nSPS) is 10.8. The first-order valence-corrected chi connectivity index (χ1v) is 3.92. The number of aryl methyl sites for hydroxylation is 1. The maximum atomic E-state index is 12.8. The first-order valence-electron chi connectivity index (χ1n) is 3.13. The molecule has 1 rings (SSSR count). The average molecular weight is 240 g/mol. The van der Waals surface area contributed by atoms with Crippen LogP contribution in [0.2, 0.25) is 0 Å². The summed E-state index contributed by atoms with van der Waals surface area (Å²) in [5.74, 6) is -0.710. The van der Waals surface area contributed by atoms with Crippen molar-refractivity contribution in [1.29, 1.82) is 0 Å². The highest BCUT2D eigenvalue weighted by Crippen LogP contribution is 2.27. The Kier molecular flexibility index (Phi) is 2.72. The molecule has 0 radical (unpaired) electrons. The minimum absolute atomic E-state index is 0.242. The van der Waals surface area contributed by atoms with E-state index in [9.17, 15) is 13.2 Å². The maximum absolute atomic E-state index is 12.8. The quantitative estimate of drug-likeness (QED) is 0.734. The summed E-state index contributed by atoms with van der Waals surface area (Å²) in [5, 5.41) is 0. The molecule has 0 saturated heterocycles. The number of hydrogen-bond acceptors (Lipinski definition) is 1. The van der Waals surface area contributed by atoms with Crippen LogP contribution >= 0.6 is 15.9 Å². The highest BCUT2D eigenvalue weighted by Gasteiger charge is 2.16. The summed E-state index contributed by atoms with van der Waals surface area (Å²) in [4.78, 5) is 3.50. The van der Waals surface area contributed by atoms with E-state index in [1.165, 1.54) is 6.92 Å². The van der Waals surface area contributed by atoms with Crippen LogP contribution in [0.15, 0.2) is 10.5 Å². The minimum Gasteiger partial charge on any atom is -0.251 e. The molecule has 0 N–H and O–H groups in total. The largest absolute Gasteiger partial charge is 0.281 e. The molecule has 0 amide bonds. The first-order chi connectivity index (χ1) is 5.52. The van der Waals surface area contributed by atoms with Crippen molar-refractivity contribution in [2.24, 2.45) is 0 Å². The molecule has 0 aliphatic carbocycles. The summed E-state index contributed by atoms with van der Waals surface area (Å²) >= 11 is 2.70. The van der Waals surface area contributed by atoms with Crippen molar-refractivity contribution in [2.45, 2.75) is 13.3 Å². The highest BCUT2D eigenvalue weighted by molar-refractivity contribution is 9.10. The molecule has 0 saturated carbocycles. The Morgan fingerprint density at radius 3 is 2.58 bits per heavy atom. The van der Waals surface area contributed by atoms with E-state index in [1.807, 2.05) is 0 Å². The zero-order valence-electron chi connectivity index (χ0n) is 6.11. The SMILES string of the molecule is Cc1cc(F)c(Br)c(C(F)F)n1. The van der Waals surface area contributed by atoms with Crippen molar-refractivity contribution in [3.05, 3.63) is 27.7 Å². The molecule has 1 nitrogen and oxygen atoms in total. The summed E-state index contributed by atoms with van der Waals surface area (Å²) in [5.41, 5.74) is -0.307. The summed E-state index contributed by atoms with van der Waals surface area (Å²) in [7, 11) is 0. The Morgan fingerprint density at radius 1 is 1.50 bits per heavy atom. The Labute approximate surface area is 75.7 Å². The molecule has 1 aromatic rings. The predicted octanol–water partition coefficient (Wildman–Crippen LogP) is 3.23. The Balaban J connectivity index is 3.28. The summed E-state index contributed by atoms with van der Waals surface area (Å²) < 4.78 is 36.8. The van der Waals surface area contributed by atoms with Crippen molar-refractivity contribution < 1.29 is 13.2 Å². The van der Waals surface area contributed by atoms with Gasteiger partial charge in [-0.25, -0.2) is 13.2 Å². The van der Waals surface area contributed by atoms with Gasteiger partial charge < -0.3 is 0 Å². The first kappa shape index (κ1) is 9.51. The second-order valence-corrected chi connectivity index (χ2v) is 3.04.